The standard InChI is InChI=1S/C33H31ClN8O3/c1-39-20-41(17-21-10-12-23(45-2)13-11-21)31-29(32(39)43)26(36-19-37-31)18-40-15-5-9-27(40)30-38-25-8-3-7-24(34)28(25)33(44)42(30)22-6-4-14-35-16-22/h3-4,6-8,10-14,16,19,27H,5,9,15,17-18,20H2,1-2H3. The lowest BCUT2D eigenvalue weighted by Crippen LogP contribution is -2.45. The first-order valence-corrected chi connectivity index (χ1v) is 15.1. The van der Waals surface area contributed by atoms with Crippen molar-refractivity contribution in [3.05, 3.63) is 111 Å². The number of fused-ring (bicyclic) bond motifs is 2. The number of pyridine rings is 1. The summed E-state index contributed by atoms with van der Waals surface area (Å²) in [5.41, 5.74) is 3.12. The fraction of sp³-hybridized carbons (Fsp3) is 0.273. The number of benzene rings is 2. The molecule has 0 bridgehead atoms. The molecule has 0 aliphatic carbocycles. The number of carbonyl (C=O) groups is 1. The quantitative estimate of drug-likeness (QED) is 0.257. The summed E-state index contributed by atoms with van der Waals surface area (Å²) >= 11 is 6.50. The van der Waals surface area contributed by atoms with Gasteiger partial charge < -0.3 is 14.5 Å². The SMILES string of the molecule is COc1ccc(CN2CN(C)C(=O)c3c(CN4CCCC4c4nc5cccc(Cl)c5c(=O)n4-c4cccnc4)ncnc32)cc1. The number of amides is 1. The molecule has 228 valence electrons. The number of likely N-dealkylation sites (tertiary alicyclic amines) is 1. The molecule has 3 aromatic heterocycles. The molecule has 1 unspecified atom stereocenters. The van der Waals surface area contributed by atoms with Gasteiger partial charge in [0.05, 0.1) is 53.3 Å². The average Bonchev–Trinajstić information content (AvgIpc) is 3.52. The highest BCUT2D eigenvalue weighted by molar-refractivity contribution is 6.35. The van der Waals surface area contributed by atoms with Gasteiger partial charge in [-0.3, -0.25) is 24.0 Å². The molecule has 5 heterocycles. The molecular formula is C33H31ClN8O3. The molecule has 1 saturated heterocycles. The van der Waals surface area contributed by atoms with Crippen molar-refractivity contribution >= 4 is 34.2 Å². The maximum Gasteiger partial charge on any atom is 0.267 e. The Morgan fingerprint density at radius 1 is 1.02 bits per heavy atom. The Hall–Kier alpha value is -4.87. The number of nitrogens with zero attached hydrogens (tertiary/aromatic N) is 8. The van der Waals surface area contributed by atoms with E-state index in [-0.39, 0.29) is 17.5 Å². The molecule has 1 fully saturated rings. The van der Waals surface area contributed by atoms with Gasteiger partial charge in [-0.15, -0.1) is 0 Å². The molecule has 45 heavy (non-hydrogen) atoms. The topological polar surface area (TPSA) is 110 Å². The summed E-state index contributed by atoms with van der Waals surface area (Å²) < 4.78 is 6.93. The van der Waals surface area contributed by atoms with Crippen LogP contribution in [-0.4, -0.2) is 67.6 Å². The van der Waals surface area contributed by atoms with Crippen LogP contribution in [0.3, 0.4) is 0 Å². The van der Waals surface area contributed by atoms with Gasteiger partial charge in [0.25, 0.3) is 11.5 Å². The minimum atomic E-state index is -0.245. The van der Waals surface area contributed by atoms with Crippen LogP contribution >= 0.6 is 11.6 Å². The molecule has 0 N–H and O–H groups in total. The zero-order valence-corrected chi connectivity index (χ0v) is 25.7. The number of hydrogen-bond donors (Lipinski definition) is 0. The van der Waals surface area contributed by atoms with Gasteiger partial charge >= 0.3 is 0 Å². The van der Waals surface area contributed by atoms with Crippen molar-refractivity contribution in [2.45, 2.75) is 32.0 Å². The Kier molecular flexibility index (Phi) is 7.64. The van der Waals surface area contributed by atoms with Crippen molar-refractivity contribution in [1.82, 2.24) is 34.3 Å². The molecule has 7 rings (SSSR count). The van der Waals surface area contributed by atoms with Gasteiger partial charge in [-0.2, -0.15) is 0 Å². The van der Waals surface area contributed by atoms with E-state index in [4.69, 9.17) is 21.3 Å². The third kappa shape index (κ3) is 5.27. The van der Waals surface area contributed by atoms with E-state index < -0.39 is 0 Å². The lowest BCUT2D eigenvalue weighted by Gasteiger charge is -2.36. The Morgan fingerprint density at radius 3 is 2.64 bits per heavy atom. The minimum Gasteiger partial charge on any atom is -0.497 e. The van der Waals surface area contributed by atoms with Crippen molar-refractivity contribution in [2.24, 2.45) is 0 Å². The molecule has 1 amide bonds. The van der Waals surface area contributed by atoms with Crippen molar-refractivity contribution in [3.63, 3.8) is 0 Å². The van der Waals surface area contributed by atoms with E-state index >= 15 is 0 Å². The summed E-state index contributed by atoms with van der Waals surface area (Å²) in [5, 5.41) is 0.721. The van der Waals surface area contributed by atoms with E-state index in [1.54, 1.807) is 54.2 Å². The fourth-order valence-corrected chi connectivity index (χ4v) is 6.56. The molecule has 0 radical (unpaired) electrons. The predicted molar refractivity (Wildman–Crippen MR) is 171 cm³/mol. The molecule has 0 saturated carbocycles. The largest absolute Gasteiger partial charge is 0.497 e. The maximum atomic E-state index is 14.0. The van der Waals surface area contributed by atoms with Crippen LogP contribution < -0.4 is 15.2 Å². The number of aromatic nitrogens is 5. The molecule has 1 atom stereocenters. The minimum absolute atomic E-state index is 0.118. The summed E-state index contributed by atoms with van der Waals surface area (Å²) in [6.45, 7) is 2.11. The van der Waals surface area contributed by atoms with Crippen LogP contribution in [0.15, 0.2) is 78.1 Å². The Labute approximate surface area is 264 Å². The van der Waals surface area contributed by atoms with Crippen molar-refractivity contribution in [1.29, 1.82) is 0 Å². The van der Waals surface area contributed by atoms with Crippen LogP contribution in [-0.2, 0) is 13.1 Å². The van der Waals surface area contributed by atoms with Crippen LogP contribution in [0.5, 0.6) is 5.75 Å². The van der Waals surface area contributed by atoms with Crippen LogP contribution in [0.2, 0.25) is 5.02 Å². The molecule has 2 aromatic carbocycles. The highest BCUT2D eigenvalue weighted by Gasteiger charge is 2.36. The van der Waals surface area contributed by atoms with Gasteiger partial charge in [-0.05, 0) is 61.3 Å². The van der Waals surface area contributed by atoms with Crippen molar-refractivity contribution in [3.8, 4) is 11.4 Å². The third-order valence-corrected chi connectivity index (χ3v) is 8.79. The number of hydrogen-bond acceptors (Lipinski definition) is 9. The second-order valence-corrected chi connectivity index (χ2v) is 11.7. The number of methoxy groups -OCH3 is 1. The lowest BCUT2D eigenvalue weighted by molar-refractivity contribution is 0.0776. The van der Waals surface area contributed by atoms with Gasteiger partial charge in [0.1, 0.15) is 29.3 Å². The van der Waals surface area contributed by atoms with Crippen LogP contribution in [0.4, 0.5) is 5.82 Å². The first-order valence-electron chi connectivity index (χ1n) is 14.8. The number of halogens is 1. The Morgan fingerprint density at radius 2 is 1.87 bits per heavy atom. The van der Waals surface area contributed by atoms with Gasteiger partial charge in [0.2, 0.25) is 0 Å². The number of carbonyl (C=O) groups excluding carboxylic acids is 1. The van der Waals surface area contributed by atoms with Crippen LogP contribution in [0.1, 0.15) is 46.3 Å². The van der Waals surface area contributed by atoms with Gasteiger partial charge in [0, 0.05) is 26.3 Å². The summed E-state index contributed by atoms with van der Waals surface area (Å²) in [6, 6.07) is 16.6. The predicted octanol–water partition coefficient (Wildman–Crippen LogP) is 4.62. The zero-order valence-electron chi connectivity index (χ0n) is 24.9. The van der Waals surface area contributed by atoms with Crippen LogP contribution in [0, 0.1) is 0 Å². The molecule has 2 aliphatic heterocycles. The number of rotatable bonds is 7. The molecule has 11 nitrogen and oxygen atoms in total. The Balaban J connectivity index is 1.27. The van der Waals surface area contributed by atoms with E-state index in [1.807, 2.05) is 36.4 Å². The zero-order chi connectivity index (χ0) is 31.1. The highest BCUT2D eigenvalue weighted by atomic mass is 35.5. The summed E-state index contributed by atoms with van der Waals surface area (Å²) in [7, 11) is 3.43. The normalized spacial score (nSPS) is 16.8. The number of ether oxygens (including phenoxy) is 1. The van der Waals surface area contributed by atoms with E-state index in [0.29, 0.717) is 64.3 Å². The van der Waals surface area contributed by atoms with Gasteiger partial charge in [0.15, 0.2) is 0 Å². The first-order chi connectivity index (χ1) is 21.9. The van der Waals surface area contributed by atoms with E-state index in [9.17, 15) is 9.59 Å². The molecular weight excluding hydrogens is 592 g/mol. The lowest BCUT2D eigenvalue weighted by atomic mass is 10.1. The second-order valence-electron chi connectivity index (χ2n) is 11.3. The number of anilines is 1. The summed E-state index contributed by atoms with van der Waals surface area (Å²) in [4.78, 5) is 52.1. The molecule has 0 spiro atoms. The monoisotopic (exact) mass is 622 g/mol. The van der Waals surface area contributed by atoms with E-state index in [0.717, 1.165) is 30.7 Å². The van der Waals surface area contributed by atoms with Gasteiger partial charge in [-0.1, -0.05) is 29.8 Å². The van der Waals surface area contributed by atoms with E-state index in [2.05, 4.69) is 24.8 Å². The summed E-state index contributed by atoms with van der Waals surface area (Å²) in [6.07, 6.45) is 6.53. The van der Waals surface area contributed by atoms with Crippen LogP contribution in [0.25, 0.3) is 16.6 Å². The fourth-order valence-electron chi connectivity index (χ4n) is 6.31. The molecule has 12 heteroatoms. The highest BCUT2D eigenvalue weighted by Crippen LogP contribution is 2.36. The molecule has 2 aliphatic rings. The Bertz CT molecular complexity index is 1950. The average molecular weight is 623 g/mol. The van der Waals surface area contributed by atoms with E-state index in [1.165, 1.54) is 6.33 Å². The molecule has 5 aromatic rings. The van der Waals surface area contributed by atoms with Gasteiger partial charge in [-0.25, -0.2) is 15.0 Å². The summed E-state index contributed by atoms with van der Waals surface area (Å²) in [5.74, 6) is 1.88. The smallest absolute Gasteiger partial charge is 0.267 e. The third-order valence-electron chi connectivity index (χ3n) is 8.47. The second kappa shape index (κ2) is 11.9. The maximum absolute atomic E-state index is 14.0. The van der Waals surface area contributed by atoms with Crippen molar-refractivity contribution in [2.75, 3.05) is 32.3 Å². The van der Waals surface area contributed by atoms with Crippen molar-refractivity contribution < 1.29 is 9.53 Å². The first kappa shape index (κ1) is 28.9.